The summed E-state index contributed by atoms with van der Waals surface area (Å²) in [6, 6.07) is 23.7. The molecular weight excluding hydrogens is 479 g/mol. The number of halogens is 1. The van der Waals surface area contributed by atoms with Crippen molar-refractivity contribution in [1.29, 1.82) is 0 Å². The maximum absolute atomic E-state index is 15.5. The van der Waals surface area contributed by atoms with E-state index in [0.29, 0.717) is 30.7 Å². The van der Waals surface area contributed by atoms with Gasteiger partial charge in [0, 0.05) is 30.4 Å². The van der Waals surface area contributed by atoms with Gasteiger partial charge in [-0.3, -0.25) is 9.78 Å². The van der Waals surface area contributed by atoms with Crippen LogP contribution in [-0.4, -0.2) is 36.3 Å². The highest BCUT2D eigenvalue weighted by molar-refractivity contribution is 5.84. The molecule has 0 aliphatic carbocycles. The van der Waals surface area contributed by atoms with Crippen molar-refractivity contribution in [2.45, 2.75) is 32.4 Å². The van der Waals surface area contributed by atoms with Crippen LogP contribution in [-0.2, 0) is 4.79 Å². The summed E-state index contributed by atoms with van der Waals surface area (Å²) in [7, 11) is 1.58. The fraction of sp³-hybridized carbons (Fsp3) is 0.312. The number of carboxylic acids is 1. The van der Waals surface area contributed by atoms with E-state index in [-0.39, 0.29) is 12.3 Å². The number of aryl methyl sites for hydroxylation is 1. The number of pyridine rings is 1. The number of methoxy groups -OCH3 is 1. The first kappa shape index (κ1) is 25.7. The molecule has 0 bridgehead atoms. The number of anilines is 1. The molecule has 1 unspecified atom stereocenters. The number of fused-ring (bicyclic) bond motifs is 1. The van der Waals surface area contributed by atoms with Gasteiger partial charge in [-0.2, -0.15) is 0 Å². The molecule has 5 rings (SSSR count). The average Bonchev–Trinajstić information content (AvgIpc) is 2.95. The lowest BCUT2D eigenvalue weighted by atomic mass is 9.81. The van der Waals surface area contributed by atoms with Gasteiger partial charge >= 0.3 is 5.97 Å². The predicted molar refractivity (Wildman–Crippen MR) is 149 cm³/mol. The summed E-state index contributed by atoms with van der Waals surface area (Å²) in [6.07, 6.45) is 1.92. The van der Waals surface area contributed by atoms with Gasteiger partial charge in [0.1, 0.15) is 11.9 Å². The van der Waals surface area contributed by atoms with Crippen LogP contribution in [0.3, 0.4) is 0 Å². The minimum absolute atomic E-state index is 0.0795. The molecule has 1 aliphatic rings. The van der Waals surface area contributed by atoms with Crippen molar-refractivity contribution in [2.24, 2.45) is 11.8 Å². The van der Waals surface area contributed by atoms with Gasteiger partial charge in [-0.05, 0) is 90.8 Å². The second-order valence-electron chi connectivity index (χ2n) is 10.1. The largest absolute Gasteiger partial charge is 0.497 e. The molecule has 0 saturated carbocycles. The van der Waals surface area contributed by atoms with Crippen LogP contribution >= 0.6 is 0 Å². The fourth-order valence-corrected chi connectivity index (χ4v) is 5.69. The second-order valence-corrected chi connectivity index (χ2v) is 10.1. The van der Waals surface area contributed by atoms with Crippen molar-refractivity contribution in [3.63, 3.8) is 0 Å². The number of carbonyl (C=O) groups is 1. The van der Waals surface area contributed by atoms with E-state index < -0.39 is 18.1 Å². The van der Waals surface area contributed by atoms with E-state index in [1.165, 1.54) is 11.1 Å². The van der Waals surface area contributed by atoms with Crippen LogP contribution in [0.1, 0.15) is 36.6 Å². The second kappa shape index (κ2) is 11.2. The molecule has 3 aromatic carbocycles. The third-order valence-corrected chi connectivity index (χ3v) is 7.85. The molecule has 1 aromatic heterocycles. The number of piperidine rings is 1. The first-order chi connectivity index (χ1) is 18.4. The molecule has 2 heterocycles. The summed E-state index contributed by atoms with van der Waals surface area (Å²) in [5, 5.41) is 10.8. The standard InChI is InChI=1S/C32H33FN2O3/c1-21-6-3-4-9-26(21)23-7-5-8-24(18-23)35-17-15-22(29(20-35)32(36)37)10-12-30(33)27-14-16-34-31-13-11-25(38-2)19-28(27)31/h3-9,11,13-14,16,18-19,22,29-30H,10,12,15,17,20H2,1-2H3,(H,36,37)/t22-,29+,30?/m1/s1. The zero-order chi connectivity index (χ0) is 26.6. The number of aliphatic carboxylic acids is 1. The highest BCUT2D eigenvalue weighted by Crippen LogP contribution is 2.37. The Balaban J connectivity index is 1.29. The number of carboxylic acid groups (broad SMARTS) is 1. The molecular formula is C32H33FN2O3. The third-order valence-electron chi connectivity index (χ3n) is 7.85. The Bertz CT molecular complexity index is 1440. The van der Waals surface area contributed by atoms with Crippen LogP contribution in [0.15, 0.2) is 79.0 Å². The van der Waals surface area contributed by atoms with Crippen LogP contribution in [0.5, 0.6) is 5.75 Å². The zero-order valence-corrected chi connectivity index (χ0v) is 21.8. The van der Waals surface area contributed by atoms with Crippen molar-refractivity contribution in [3.05, 3.63) is 90.1 Å². The number of nitrogens with zero attached hydrogens (tertiary/aromatic N) is 2. The molecule has 3 atom stereocenters. The number of benzene rings is 3. The Kier molecular flexibility index (Phi) is 7.59. The summed E-state index contributed by atoms with van der Waals surface area (Å²) >= 11 is 0. The quantitative estimate of drug-likeness (QED) is 0.270. The summed E-state index contributed by atoms with van der Waals surface area (Å²) in [5.41, 5.74) is 5.82. The molecule has 6 heteroatoms. The third kappa shape index (κ3) is 5.35. The Morgan fingerprint density at radius 2 is 1.97 bits per heavy atom. The molecule has 1 aliphatic heterocycles. The Labute approximate surface area is 222 Å². The maximum Gasteiger partial charge on any atom is 0.308 e. The molecule has 4 aromatic rings. The van der Waals surface area contributed by atoms with Gasteiger partial charge in [0.15, 0.2) is 0 Å². The van der Waals surface area contributed by atoms with Gasteiger partial charge in [-0.15, -0.1) is 0 Å². The molecule has 0 radical (unpaired) electrons. The summed E-state index contributed by atoms with van der Waals surface area (Å²) in [6.45, 7) is 3.26. The first-order valence-electron chi connectivity index (χ1n) is 13.1. The molecule has 1 N–H and O–H groups in total. The maximum atomic E-state index is 15.5. The van der Waals surface area contributed by atoms with Gasteiger partial charge in [0.25, 0.3) is 0 Å². The van der Waals surface area contributed by atoms with Crippen molar-refractivity contribution in [3.8, 4) is 16.9 Å². The summed E-state index contributed by atoms with van der Waals surface area (Å²) in [4.78, 5) is 18.8. The predicted octanol–water partition coefficient (Wildman–Crippen LogP) is 7.24. The van der Waals surface area contributed by atoms with E-state index in [1.807, 2.05) is 42.5 Å². The number of rotatable bonds is 8. The van der Waals surface area contributed by atoms with E-state index in [1.54, 1.807) is 19.4 Å². The van der Waals surface area contributed by atoms with Gasteiger partial charge in [0.05, 0.1) is 18.5 Å². The highest BCUT2D eigenvalue weighted by Gasteiger charge is 2.35. The fourth-order valence-electron chi connectivity index (χ4n) is 5.69. The van der Waals surface area contributed by atoms with Crippen LogP contribution in [0.25, 0.3) is 22.0 Å². The zero-order valence-electron chi connectivity index (χ0n) is 21.8. The van der Waals surface area contributed by atoms with Gasteiger partial charge in [-0.25, -0.2) is 4.39 Å². The van der Waals surface area contributed by atoms with E-state index in [9.17, 15) is 9.90 Å². The van der Waals surface area contributed by atoms with Crippen LogP contribution in [0, 0.1) is 18.8 Å². The van der Waals surface area contributed by atoms with Crippen LogP contribution < -0.4 is 9.64 Å². The minimum Gasteiger partial charge on any atom is -0.497 e. The highest BCUT2D eigenvalue weighted by atomic mass is 19.1. The van der Waals surface area contributed by atoms with E-state index in [4.69, 9.17) is 4.74 Å². The number of alkyl halides is 1. The summed E-state index contributed by atoms with van der Waals surface area (Å²) < 4.78 is 20.9. The summed E-state index contributed by atoms with van der Waals surface area (Å²) in [5.74, 6) is -0.787. The smallest absolute Gasteiger partial charge is 0.308 e. The van der Waals surface area contributed by atoms with Crippen LogP contribution in [0.2, 0.25) is 0 Å². The number of hydrogen-bond donors (Lipinski definition) is 1. The lowest BCUT2D eigenvalue weighted by Gasteiger charge is -2.38. The average molecular weight is 513 g/mol. The Morgan fingerprint density at radius 1 is 1.13 bits per heavy atom. The van der Waals surface area contributed by atoms with Gasteiger partial charge in [-0.1, -0.05) is 36.4 Å². The topological polar surface area (TPSA) is 62.7 Å². The lowest BCUT2D eigenvalue weighted by Crippen LogP contribution is -2.44. The normalized spacial score (nSPS) is 18.3. The van der Waals surface area contributed by atoms with E-state index >= 15 is 4.39 Å². The molecule has 196 valence electrons. The number of aromatic nitrogens is 1. The molecule has 1 fully saturated rings. The van der Waals surface area contributed by atoms with Gasteiger partial charge in [0.2, 0.25) is 0 Å². The Morgan fingerprint density at radius 3 is 2.76 bits per heavy atom. The SMILES string of the molecule is COc1ccc2nccc(C(F)CC[C@@H]3CCN(c4cccc(-c5ccccc5C)c4)C[C@@H]3C(=O)O)c2c1. The van der Waals surface area contributed by atoms with Crippen molar-refractivity contribution in [2.75, 3.05) is 25.1 Å². The first-order valence-corrected chi connectivity index (χ1v) is 13.1. The monoisotopic (exact) mass is 512 g/mol. The lowest BCUT2D eigenvalue weighted by molar-refractivity contribution is -0.144. The minimum atomic E-state index is -1.20. The van der Waals surface area contributed by atoms with Crippen LogP contribution in [0.4, 0.5) is 10.1 Å². The molecule has 0 spiro atoms. The molecule has 0 amide bonds. The molecule has 5 nitrogen and oxygen atoms in total. The molecule has 1 saturated heterocycles. The van der Waals surface area contributed by atoms with Gasteiger partial charge < -0.3 is 14.7 Å². The Hall–Kier alpha value is -3.93. The molecule has 38 heavy (non-hydrogen) atoms. The number of ether oxygens (including phenoxy) is 1. The van der Waals surface area contributed by atoms with E-state index in [2.05, 4.69) is 41.1 Å². The van der Waals surface area contributed by atoms with Crippen molar-refractivity contribution >= 4 is 22.6 Å². The van der Waals surface area contributed by atoms with Crippen molar-refractivity contribution < 1.29 is 19.0 Å². The van der Waals surface area contributed by atoms with E-state index in [0.717, 1.165) is 28.7 Å². The van der Waals surface area contributed by atoms with Crippen molar-refractivity contribution in [1.82, 2.24) is 4.98 Å². The number of hydrogen-bond acceptors (Lipinski definition) is 4.